The molecule has 1 aromatic rings. The SMILES string of the molecule is Nc1ccnc(OC(=O)N2CCCCC2)c1. The maximum absolute atomic E-state index is 11.7. The minimum absolute atomic E-state index is 0.260. The molecule has 1 fully saturated rings. The van der Waals surface area contributed by atoms with E-state index in [0.29, 0.717) is 5.69 Å². The van der Waals surface area contributed by atoms with Crippen LogP contribution >= 0.6 is 0 Å². The van der Waals surface area contributed by atoms with Crippen molar-refractivity contribution in [1.82, 2.24) is 9.88 Å². The van der Waals surface area contributed by atoms with Crippen LogP contribution in [0.4, 0.5) is 10.5 Å². The van der Waals surface area contributed by atoms with Gasteiger partial charge in [-0.1, -0.05) is 0 Å². The van der Waals surface area contributed by atoms with E-state index in [1.54, 1.807) is 17.0 Å². The van der Waals surface area contributed by atoms with Crippen LogP contribution in [0.25, 0.3) is 0 Å². The highest BCUT2D eigenvalue weighted by molar-refractivity contribution is 5.70. The van der Waals surface area contributed by atoms with E-state index >= 15 is 0 Å². The number of rotatable bonds is 1. The highest BCUT2D eigenvalue weighted by atomic mass is 16.6. The van der Waals surface area contributed by atoms with Crippen molar-refractivity contribution in [2.75, 3.05) is 18.8 Å². The van der Waals surface area contributed by atoms with E-state index in [4.69, 9.17) is 10.5 Å². The number of hydrogen-bond acceptors (Lipinski definition) is 4. The monoisotopic (exact) mass is 221 g/mol. The lowest BCUT2D eigenvalue weighted by Crippen LogP contribution is -2.37. The van der Waals surface area contributed by atoms with Gasteiger partial charge in [-0.15, -0.1) is 0 Å². The zero-order valence-corrected chi connectivity index (χ0v) is 9.06. The van der Waals surface area contributed by atoms with E-state index in [1.165, 1.54) is 12.6 Å². The van der Waals surface area contributed by atoms with Gasteiger partial charge in [0.2, 0.25) is 5.88 Å². The predicted molar refractivity (Wildman–Crippen MR) is 60.1 cm³/mol. The third-order valence-corrected chi connectivity index (χ3v) is 2.57. The summed E-state index contributed by atoms with van der Waals surface area (Å²) in [6, 6.07) is 3.19. The standard InChI is InChI=1S/C11H15N3O2/c12-9-4-5-13-10(8-9)16-11(15)14-6-2-1-3-7-14/h4-5,8H,1-3,6-7H2,(H2,12,13). The summed E-state index contributed by atoms with van der Waals surface area (Å²) in [7, 11) is 0. The first-order chi connectivity index (χ1) is 7.75. The molecular formula is C11H15N3O2. The maximum atomic E-state index is 11.7. The lowest BCUT2D eigenvalue weighted by atomic mass is 10.1. The lowest BCUT2D eigenvalue weighted by molar-refractivity contribution is 0.141. The fourth-order valence-electron chi connectivity index (χ4n) is 1.71. The minimum atomic E-state index is -0.335. The van der Waals surface area contributed by atoms with Gasteiger partial charge in [-0.3, -0.25) is 0 Å². The Bertz CT molecular complexity index is 375. The van der Waals surface area contributed by atoms with Gasteiger partial charge in [0.05, 0.1) is 0 Å². The van der Waals surface area contributed by atoms with Gasteiger partial charge in [0.15, 0.2) is 0 Å². The van der Waals surface area contributed by atoms with Crippen LogP contribution in [0, 0.1) is 0 Å². The molecule has 5 nitrogen and oxygen atoms in total. The van der Waals surface area contributed by atoms with Gasteiger partial charge in [0.1, 0.15) is 0 Å². The summed E-state index contributed by atoms with van der Waals surface area (Å²) >= 11 is 0. The predicted octanol–water partition coefficient (Wildman–Crippen LogP) is 1.65. The molecule has 1 saturated heterocycles. The van der Waals surface area contributed by atoms with E-state index in [9.17, 15) is 4.79 Å². The van der Waals surface area contributed by atoms with Crippen molar-refractivity contribution in [3.05, 3.63) is 18.3 Å². The number of nitrogen functional groups attached to an aromatic ring is 1. The number of ether oxygens (including phenoxy) is 1. The molecule has 1 aromatic heterocycles. The molecule has 1 aliphatic rings. The number of piperidine rings is 1. The van der Waals surface area contributed by atoms with Crippen LogP contribution in [0.15, 0.2) is 18.3 Å². The molecule has 1 aliphatic heterocycles. The Morgan fingerprint density at radius 2 is 2.12 bits per heavy atom. The Morgan fingerprint density at radius 3 is 2.81 bits per heavy atom. The zero-order chi connectivity index (χ0) is 11.4. The molecule has 86 valence electrons. The van der Waals surface area contributed by atoms with Crippen molar-refractivity contribution < 1.29 is 9.53 Å². The Kier molecular flexibility index (Phi) is 3.24. The number of amides is 1. The summed E-state index contributed by atoms with van der Waals surface area (Å²) in [5.74, 6) is 0.260. The first-order valence-corrected chi connectivity index (χ1v) is 5.44. The Balaban J connectivity index is 1.96. The van der Waals surface area contributed by atoms with Gasteiger partial charge in [-0.2, -0.15) is 0 Å². The van der Waals surface area contributed by atoms with E-state index in [1.807, 2.05) is 0 Å². The molecule has 0 atom stereocenters. The largest absolute Gasteiger partial charge is 0.416 e. The minimum Gasteiger partial charge on any atom is -0.399 e. The van der Waals surface area contributed by atoms with E-state index in [0.717, 1.165) is 25.9 Å². The van der Waals surface area contributed by atoms with Gasteiger partial charge >= 0.3 is 6.09 Å². The van der Waals surface area contributed by atoms with Crippen molar-refractivity contribution >= 4 is 11.8 Å². The Labute approximate surface area is 94.2 Å². The molecule has 5 heteroatoms. The molecule has 0 spiro atoms. The van der Waals surface area contributed by atoms with Crippen LogP contribution in [-0.4, -0.2) is 29.1 Å². The lowest BCUT2D eigenvalue weighted by Gasteiger charge is -2.25. The van der Waals surface area contributed by atoms with E-state index in [-0.39, 0.29) is 12.0 Å². The highest BCUT2D eigenvalue weighted by Crippen LogP contribution is 2.14. The maximum Gasteiger partial charge on any atom is 0.416 e. The molecular weight excluding hydrogens is 206 g/mol. The molecule has 0 saturated carbocycles. The first-order valence-electron chi connectivity index (χ1n) is 5.44. The van der Waals surface area contributed by atoms with Crippen molar-refractivity contribution in [3.63, 3.8) is 0 Å². The molecule has 2 N–H and O–H groups in total. The molecule has 16 heavy (non-hydrogen) atoms. The molecule has 2 heterocycles. The summed E-state index contributed by atoms with van der Waals surface area (Å²) in [5.41, 5.74) is 6.11. The second-order valence-corrected chi connectivity index (χ2v) is 3.84. The Hall–Kier alpha value is -1.78. The van der Waals surface area contributed by atoms with Gasteiger partial charge < -0.3 is 15.4 Å². The number of carbonyl (C=O) groups excluding carboxylic acids is 1. The fraction of sp³-hybridized carbons (Fsp3) is 0.455. The second-order valence-electron chi connectivity index (χ2n) is 3.84. The summed E-state index contributed by atoms with van der Waals surface area (Å²) in [6.07, 6.45) is 4.45. The molecule has 0 aromatic carbocycles. The van der Waals surface area contributed by atoms with E-state index < -0.39 is 0 Å². The number of carbonyl (C=O) groups is 1. The van der Waals surface area contributed by atoms with Crippen molar-refractivity contribution in [3.8, 4) is 5.88 Å². The fourth-order valence-corrected chi connectivity index (χ4v) is 1.71. The molecule has 1 amide bonds. The number of nitrogens with zero attached hydrogens (tertiary/aromatic N) is 2. The van der Waals surface area contributed by atoms with Crippen molar-refractivity contribution in [2.45, 2.75) is 19.3 Å². The second kappa shape index (κ2) is 4.83. The highest BCUT2D eigenvalue weighted by Gasteiger charge is 2.18. The number of likely N-dealkylation sites (tertiary alicyclic amines) is 1. The van der Waals surface area contributed by atoms with Gasteiger partial charge in [0, 0.05) is 31.0 Å². The summed E-state index contributed by atoms with van der Waals surface area (Å²) < 4.78 is 5.13. The number of hydrogen-bond donors (Lipinski definition) is 1. The van der Waals surface area contributed by atoms with Crippen molar-refractivity contribution in [2.24, 2.45) is 0 Å². The summed E-state index contributed by atoms with van der Waals surface area (Å²) in [6.45, 7) is 1.53. The van der Waals surface area contributed by atoms with Crippen LogP contribution < -0.4 is 10.5 Å². The topological polar surface area (TPSA) is 68.5 Å². The van der Waals surface area contributed by atoms with Crippen LogP contribution in [0.2, 0.25) is 0 Å². The average molecular weight is 221 g/mol. The Morgan fingerprint density at radius 1 is 1.38 bits per heavy atom. The molecule has 0 aliphatic carbocycles. The van der Waals surface area contributed by atoms with Crippen molar-refractivity contribution in [1.29, 1.82) is 0 Å². The van der Waals surface area contributed by atoms with Gasteiger partial charge in [0.25, 0.3) is 0 Å². The number of aromatic nitrogens is 1. The summed E-state index contributed by atoms with van der Waals surface area (Å²) in [4.78, 5) is 17.3. The van der Waals surface area contributed by atoms with Crippen LogP contribution in [0.3, 0.4) is 0 Å². The van der Waals surface area contributed by atoms with Gasteiger partial charge in [-0.05, 0) is 25.3 Å². The zero-order valence-electron chi connectivity index (χ0n) is 9.06. The summed E-state index contributed by atoms with van der Waals surface area (Å²) in [5, 5.41) is 0. The van der Waals surface area contributed by atoms with Crippen LogP contribution in [-0.2, 0) is 0 Å². The molecule has 0 bridgehead atoms. The van der Waals surface area contributed by atoms with Crippen LogP contribution in [0.1, 0.15) is 19.3 Å². The quantitative estimate of drug-likeness (QED) is 0.782. The number of pyridine rings is 1. The smallest absolute Gasteiger partial charge is 0.399 e. The molecule has 2 rings (SSSR count). The normalized spacial score (nSPS) is 15.9. The molecule has 0 unspecified atom stereocenters. The first kappa shape index (κ1) is 10.7. The molecule has 0 radical (unpaired) electrons. The number of anilines is 1. The van der Waals surface area contributed by atoms with E-state index in [2.05, 4.69) is 4.98 Å². The third kappa shape index (κ3) is 2.62. The van der Waals surface area contributed by atoms with Gasteiger partial charge in [-0.25, -0.2) is 9.78 Å². The average Bonchev–Trinajstić information content (AvgIpc) is 2.30. The third-order valence-electron chi connectivity index (χ3n) is 2.57. The number of nitrogens with two attached hydrogens (primary N) is 1. The van der Waals surface area contributed by atoms with Crippen LogP contribution in [0.5, 0.6) is 5.88 Å².